The number of ketones is 1. The van der Waals surface area contributed by atoms with E-state index in [2.05, 4.69) is 5.32 Å². The Morgan fingerprint density at radius 2 is 1.50 bits per heavy atom. The first-order valence-electron chi connectivity index (χ1n) is 8.53. The van der Waals surface area contributed by atoms with E-state index >= 15 is 8.78 Å². The quantitative estimate of drug-likeness (QED) is 0.640. The van der Waals surface area contributed by atoms with E-state index in [0.717, 1.165) is 0 Å². The van der Waals surface area contributed by atoms with Gasteiger partial charge in [-0.05, 0) is 23.8 Å². The van der Waals surface area contributed by atoms with Crippen LogP contribution in [0.3, 0.4) is 0 Å². The van der Waals surface area contributed by atoms with Gasteiger partial charge >= 0.3 is 5.92 Å². The number of halogens is 3. The molecule has 3 aromatic carbocycles. The number of hydrogen-bond acceptors (Lipinski definition) is 2. The lowest BCUT2D eigenvalue weighted by Gasteiger charge is -2.37. The second-order valence-electron chi connectivity index (χ2n) is 6.53. The zero-order valence-corrected chi connectivity index (χ0v) is 15.2. The van der Waals surface area contributed by atoms with E-state index in [-0.39, 0.29) is 22.3 Å². The Hall–Kier alpha value is -3.05. The molecule has 0 fully saturated rings. The first-order chi connectivity index (χ1) is 13.4. The first kappa shape index (κ1) is 18.3. The van der Waals surface area contributed by atoms with E-state index in [9.17, 15) is 9.59 Å². The molecule has 1 atom stereocenters. The van der Waals surface area contributed by atoms with Gasteiger partial charge in [-0.1, -0.05) is 72.3 Å². The molecule has 0 saturated heterocycles. The van der Waals surface area contributed by atoms with Crippen LogP contribution in [-0.4, -0.2) is 17.6 Å². The molecule has 1 aliphatic rings. The molecule has 3 nitrogen and oxygen atoms in total. The minimum absolute atomic E-state index is 0.0524. The van der Waals surface area contributed by atoms with Crippen LogP contribution < -0.4 is 5.32 Å². The molecule has 1 aliphatic heterocycles. The standard InChI is InChI=1S/C22H14ClF2NO2/c23-16-12-10-15(11-13-16)21(18-9-5-4-8-17(18)20(28)26-21)22(24,25)19(27)14-6-2-1-3-7-14/h1-13H,(H,26,28). The van der Waals surface area contributed by atoms with E-state index in [1.165, 1.54) is 60.7 Å². The van der Waals surface area contributed by atoms with Crippen molar-refractivity contribution in [2.45, 2.75) is 11.5 Å². The Kier molecular flexibility index (Phi) is 4.27. The number of rotatable bonds is 4. The highest BCUT2D eigenvalue weighted by molar-refractivity contribution is 6.30. The van der Waals surface area contributed by atoms with Gasteiger partial charge in [0.05, 0.1) is 0 Å². The summed E-state index contributed by atoms with van der Waals surface area (Å²) in [5, 5.41) is 2.76. The van der Waals surface area contributed by atoms with Crippen LogP contribution in [0.25, 0.3) is 0 Å². The average molecular weight is 398 g/mol. The van der Waals surface area contributed by atoms with Gasteiger partial charge in [-0.3, -0.25) is 9.59 Å². The number of benzene rings is 3. The van der Waals surface area contributed by atoms with E-state index in [4.69, 9.17) is 11.6 Å². The maximum absolute atomic E-state index is 15.9. The Morgan fingerprint density at radius 3 is 2.18 bits per heavy atom. The molecule has 1 heterocycles. The molecule has 3 aromatic rings. The molecule has 28 heavy (non-hydrogen) atoms. The molecule has 4 rings (SSSR count). The van der Waals surface area contributed by atoms with Gasteiger partial charge in [0.1, 0.15) is 0 Å². The summed E-state index contributed by atoms with van der Waals surface area (Å²) in [4.78, 5) is 25.4. The van der Waals surface area contributed by atoms with Crippen LogP contribution in [0.15, 0.2) is 78.9 Å². The average Bonchev–Trinajstić information content (AvgIpc) is 3.03. The lowest BCUT2D eigenvalue weighted by Crippen LogP contribution is -2.58. The number of alkyl halides is 2. The molecule has 1 amide bonds. The van der Waals surface area contributed by atoms with Crippen molar-refractivity contribution in [2.75, 3.05) is 0 Å². The predicted molar refractivity (Wildman–Crippen MR) is 102 cm³/mol. The topological polar surface area (TPSA) is 46.2 Å². The summed E-state index contributed by atoms with van der Waals surface area (Å²) in [5.41, 5.74) is -2.24. The summed E-state index contributed by atoms with van der Waals surface area (Å²) < 4.78 is 31.8. The first-order valence-corrected chi connectivity index (χ1v) is 8.91. The van der Waals surface area contributed by atoms with E-state index in [1.54, 1.807) is 18.2 Å². The molecule has 140 valence electrons. The van der Waals surface area contributed by atoms with E-state index in [1.807, 2.05) is 0 Å². The van der Waals surface area contributed by atoms with Crippen LogP contribution in [-0.2, 0) is 5.54 Å². The molecule has 1 unspecified atom stereocenters. The van der Waals surface area contributed by atoms with Gasteiger partial charge < -0.3 is 5.32 Å². The highest BCUT2D eigenvalue weighted by Crippen LogP contribution is 2.49. The SMILES string of the molecule is O=C1NC(c2ccc(Cl)cc2)(C(F)(F)C(=O)c2ccccc2)c2ccccc21. The highest BCUT2D eigenvalue weighted by Gasteiger charge is 2.65. The Labute approximate surface area is 165 Å². The Balaban J connectivity index is 1.99. The van der Waals surface area contributed by atoms with Crippen LogP contribution in [0, 0.1) is 0 Å². The molecule has 0 bridgehead atoms. The van der Waals surface area contributed by atoms with Crippen LogP contribution in [0.5, 0.6) is 0 Å². The van der Waals surface area contributed by atoms with Gasteiger partial charge in [0.15, 0.2) is 5.54 Å². The number of carbonyl (C=O) groups is 2. The van der Waals surface area contributed by atoms with E-state index < -0.39 is 23.2 Å². The van der Waals surface area contributed by atoms with Crippen molar-refractivity contribution in [1.29, 1.82) is 0 Å². The number of nitrogens with one attached hydrogen (secondary N) is 1. The lowest BCUT2D eigenvalue weighted by atomic mass is 9.75. The molecule has 0 aliphatic carbocycles. The van der Waals surface area contributed by atoms with Crippen LogP contribution in [0.2, 0.25) is 5.02 Å². The molecule has 0 radical (unpaired) electrons. The fourth-order valence-electron chi connectivity index (χ4n) is 3.61. The number of hydrogen-bond donors (Lipinski definition) is 1. The largest absolute Gasteiger partial charge is 0.340 e. The Bertz CT molecular complexity index is 1070. The van der Waals surface area contributed by atoms with Crippen molar-refractivity contribution < 1.29 is 18.4 Å². The molecule has 6 heteroatoms. The molecule has 0 saturated carbocycles. The van der Waals surface area contributed by atoms with Crippen LogP contribution >= 0.6 is 11.6 Å². The van der Waals surface area contributed by atoms with Gasteiger partial charge in [-0.2, -0.15) is 8.78 Å². The monoisotopic (exact) mass is 397 g/mol. The predicted octanol–water partition coefficient (Wildman–Crippen LogP) is 4.85. The van der Waals surface area contributed by atoms with Crippen molar-refractivity contribution in [3.05, 3.63) is 106 Å². The van der Waals surface area contributed by atoms with Crippen molar-refractivity contribution in [3.63, 3.8) is 0 Å². The maximum Gasteiger partial charge on any atom is 0.340 e. The summed E-state index contributed by atoms with van der Waals surface area (Å²) in [7, 11) is 0. The second-order valence-corrected chi connectivity index (χ2v) is 6.96. The van der Waals surface area contributed by atoms with Gasteiger partial charge in [-0.25, -0.2) is 0 Å². The van der Waals surface area contributed by atoms with Crippen molar-refractivity contribution in [1.82, 2.24) is 5.32 Å². The number of Topliss-reactive ketones (excluding diaryl/α,β-unsaturated/α-hetero) is 1. The number of carbonyl (C=O) groups excluding carboxylic acids is 2. The summed E-state index contributed by atoms with van der Waals surface area (Å²) in [6.45, 7) is 0. The molecular weight excluding hydrogens is 384 g/mol. The van der Waals surface area contributed by atoms with Crippen molar-refractivity contribution in [2.24, 2.45) is 0 Å². The normalized spacial score (nSPS) is 18.5. The third-order valence-electron chi connectivity index (χ3n) is 4.95. The molecular formula is C22H14ClF2NO2. The summed E-state index contributed by atoms with van der Waals surface area (Å²) in [6.07, 6.45) is 0. The fraction of sp³-hybridized carbons (Fsp3) is 0.0909. The number of fused-ring (bicyclic) bond motifs is 1. The van der Waals surface area contributed by atoms with Crippen LogP contribution in [0.4, 0.5) is 8.78 Å². The van der Waals surface area contributed by atoms with Crippen molar-refractivity contribution >= 4 is 23.3 Å². The minimum atomic E-state index is -3.95. The molecule has 0 aromatic heterocycles. The lowest BCUT2D eigenvalue weighted by molar-refractivity contribution is -0.0411. The summed E-state index contributed by atoms with van der Waals surface area (Å²) in [5.74, 6) is -5.99. The number of amides is 1. The van der Waals surface area contributed by atoms with Crippen molar-refractivity contribution in [3.8, 4) is 0 Å². The van der Waals surface area contributed by atoms with E-state index in [0.29, 0.717) is 5.02 Å². The zero-order valence-electron chi connectivity index (χ0n) is 14.5. The van der Waals surface area contributed by atoms with Gasteiger partial charge in [0, 0.05) is 21.7 Å². The van der Waals surface area contributed by atoms with Gasteiger partial charge in [0.2, 0.25) is 5.78 Å². The summed E-state index contributed by atoms with van der Waals surface area (Å²) >= 11 is 5.92. The maximum atomic E-state index is 15.9. The molecule has 1 N–H and O–H groups in total. The zero-order chi connectivity index (χ0) is 19.9. The Morgan fingerprint density at radius 1 is 0.893 bits per heavy atom. The summed E-state index contributed by atoms with van der Waals surface area (Å²) in [6, 6.07) is 19.1. The van der Waals surface area contributed by atoms with Gasteiger partial charge in [-0.15, -0.1) is 0 Å². The highest BCUT2D eigenvalue weighted by atomic mass is 35.5. The van der Waals surface area contributed by atoms with Crippen LogP contribution in [0.1, 0.15) is 31.8 Å². The molecule has 0 spiro atoms. The third-order valence-corrected chi connectivity index (χ3v) is 5.20. The second kappa shape index (κ2) is 6.53. The fourth-order valence-corrected chi connectivity index (χ4v) is 3.74. The smallest absolute Gasteiger partial charge is 0.333 e. The minimum Gasteiger partial charge on any atom is -0.333 e. The third kappa shape index (κ3) is 2.54. The van der Waals surface area contributed by atoms with Gasteiger partial charge in [0.25, 0.3) is 5.91 Å².